The Labute approximate surface area is 105 Å². The number of hydrogen-bond donors (Lipinski definition) is 1. The molecule has 3 nitrogen and oxygen atoms in total. The van der Waals surface area contributed by atoms with Crippen molar-refractivity contribution in [2.45, 2.75) is 26.3 Å². The minimum Gasteiger partial charge on any atom is -0.493 e. The third-order valence-corrected chi connectivity index (χ3v) is 3.11. The number of ether oxygens (including phenoxy) is 1. The average Bonchev–Trinajstić information content (AvgIpc) is 2.64. The number of hydrogen-bond acceptors (Lipinski definition) is 3. The second kappa shape index (κ2) is 4.59. The Kier molecular flexibility index (Phi) is 3.31. The van der Waals surface area contributed by atoms with Gasteiger partial charge in [-0.15, -0.1) is 0 Å². The summed E-state index contributed by atoms with van der Waals surface area (Å²) >= 11 is 6.36. The summed E-state index contributed by atoms with van der Waals surface area (Å²) in [5, 5.41) is 1.59. The van der Waals surface area contributed by atoms with Crippen LogP contribution in [-0.2, 0) is 6.42 Å². The molecule has 0 aliphatic heterocycles. The van der Waals surface area contributed by atoms with E-state index < -0.39 is 0 Å². The molecule has 1 aromatic heterocycles. The molecule has 17 heavy (non-hydrogen) atoms. The van der Waals surface area contributed by atoms with E-state index in [1.807, 2.05) is 26.0 Å². The second-order valence-electron chi connectivity index (χ2n) is 4.33. The minimum absolute atomic E-state index is 0.0580. The van der Waals surface area contributed by atoms with Crippen LogP contribution >= 0.6 is 11.6 Å². The van der Waals surface area contributed by atoms with Gasteiger partial charge in [0.05, 0.1) is 12.1 Å². The average molecular weight is 254 g/mol. The number of halogens is 1. The van der Waals surface area contributed by atoms with E-state index in [2.05, 4.69) is 0 Å². The molecule has 0 fully saturated rings. The highest BCUT2D eigenvalue weighted by atomic mass is 35.5. The maximum absolute atomic E-state index is 6.36. The lowest BCUT2D eigenvalue weighted by Crippen LogP contribution is -2.18. The lowest BCUT2D eigenvalue weighted by Gasteiger charge is -2.10. The highest BCUT2D eigenvalue weighted by Crippen LogP contribution is 2.37. The Morgan fingerprint density at radius 1 is 1.47 bits per heavy atom. The van der Waals surface area contributed by atoms with Gasteiger partial charge < -0.3 is 14.9 Å². The van der Waals surface area contributed by atoms with Crippen LogP contribution in [-0.4, -0.2) is 13.2 Å². The van der Waals surface area contributed by atoms with Crippen LogP contribution in [0.5, 0.6) is 5.75 Å². The lowest BCUT2D eigenvalue weighted by atomic mass is 10.0. The van der Waals surface area contributed by atoms with Gasteiger partial charge in [-0.1, -0.05) is 11.6 Å². The quantitative estimate of drug-likeness (QED) is 0.913. The van der Waals surface area contributed by atoms with Crippen LogP contribution in [0.15, 0.2) is 16.5 Å². The molecule has 1 unspecified atom stereocenters. The van der Waals surface area contributed by atoms with Gasteiger partial charge in [0.15, 0.2) is 11.3 Å². The third kappa shape index (κ3) is 2.26. The van der Waals surface area contributed by atoms with Crippen molar-refractivity contribution in [2.75, 3.05) is 7.11 Å². The monoisotopic (exact) mass is 253 g/mol. The predicted octanol–water partition coefficient (Wildman–Crippen LogP) is 3.29. The van der Waals surface area contributed by atoms with Crippen LogP contribution in [0.1, 0.15) is 18.2 Å². The first-order valence-corrected chi connectivity index (χ1v) is 5.91. The normalized spacial score (nSPS) is 13.0. The van der Waals surface area contributed by atoms with Crippen molar-refractivity contribution in [3.05, 3.63) is 28.5 Å². The van der Waals surface area contributed by atoms with Crippen LogP contribution in [0.4, 0.5) is 0 Å². The number of methoxy groups -OCH3 is 1. The molecule has 1 heterocycles. The summed E-state index contributed by atoms with van der Waals surface area (Å²) in [5.74, 6) is 1.52. The number of nitrogens with two attached hydrogens (primary N) is 1. The SMILES string of the molecule is COc1cc(CC(C)N)c(Cl)c2cc(C)oc12. The first kappa shape index (κ1) is 12.3. The van der Waals surface area contributed by atoms with Gasteiger partial charge in [-0.3, -0.25) is 0 Å². The van der Waals surface area contributed by atoms with Crippen molar-refractivity contribution in [1.82, 2.24) is 0 Å². The fraction of sp³-hybridized carbons (Fsp3) is 0.385. The molecule has 1 atom stereocenters. The van der Waals surface area contributed by atoms with Crippen molar-refractivity contribution in [1.29, 1.82) is 0 Å². The standard InChI is InChI=1S/C13H16ClNO2/c1-7(15)4-9-6-11(16-3)13-10(12(9)14)5-8(2)17-13/h5-7H,4,15H2,1-3H3. The fourth-order valence-corrected chi connectivity index (χ4v) is 2.24. The summed E-state index contributed by atoms with van der Waals surface area (Å²) in [7, 11) is 1.62. The zero-order valence-electron chi connectivity index (χ0n) is 10.2. The van der Waals surface area contributed by atoms with E-state index in [1.165, 1.54) is 0 Å². The molecule has 0 aliphatic carbocycles. The molecule has 4 heteroatoms. The van der Waals surface area contributed by atoms with Gasteiger partial charge >= 0.3 is 0 Å². The molecule has 2 aromatic rings. The van der Waals surface area contributed by atoms with Gasteiger partial charge in [0, 0.05) is 11.4 Å². The Bertz CT molecular complexity index is 546. The Morgan fingerprint density at radius 3 is 2.76 bits per heavy atom. The van der Waals surface area contributed by atoms with Crippen molar-refractivity contribution in [2.24, 2.45) is 5.73 Å². The van der Waals surface area contributed by atoms with Crippen LogP contribution in [0.2, 0.25) is 5.02 Å². The molecular formula is C13H16ClNO2. The summed E-state index contributed by atoms with van der Waals surface area (Å²) in [6.45, 7) is 3.84. The van der Waals surface area contributed by atoms with E-state index in [9.17, 15) is 0 Å². The zero-order chi connectivity index (χ0) is 12.6. The summed E-state index contributed by atoms with van der Waals surface area (Å²) in [6, 6.07) is 3.88. The van der Waals surface area contributed by atoms with Crippen LogP contribution in [0.25, 0.3) is 11.0 Å². The molecule has 2 N–H and O–H groups in total. The lowest BCUT2D eigenvalue weighted by molar-refractivity contribution is 0.408. The topological polar surface area (TPSA) is 48.4 Å². The van der Waals surface area contributed by atoms with Gasteiger partial charge in [0.2, 0.25) is 0 Å². The summed E-state index contributed by atoms with van der Waals surface area (Å²) in [5.41, 5.74) is 7.50. The van der Waals surface area contributed by atoms with E-state index >= 15 is 0 Å². The molecule has 0 radical (unpaired) electrons. The van der Waals surface area contributed by atoms with E-state index in [4.69, 9.17) is 26.5 Å². The van der Waals surface area contributed by atoms with Gasteiger partial charge in [-0.2, -0.15) is 0 Å². The van der Waals surface area contributed by atoms with E-state index in [-0.39, 0.29) is 6.04 Å². The molecule has 0 spiro atoms. The van der Waals surface area contributed by atoms with Crippen LogP contribution in [0, 0.1) is 6.92 Å². The number of fused-ring (bicyclic) bond motifs is 1. The molecule has 2 rings (SSSR count). The minimum atomic E-state index is 0.0580. The summed E-state index contributed by atoms with van der Waals surface area (Å²) < 4.78 is 10.9. The van der Waals surface area contributed by atoms with E-state index in [1.54, 1.807) is 7.11 Å². The van der Waals surface area contributed by atoms with Crippen LogP contribution in [0.3, 0.4) is 0 Å². The molecule has 0 amide bonds. The number of benzene rings is 1. The molecule has 0 saturated heterocycles. The Balaban J connectivity index is 2.66. The molecule has 0 aliphatic rings. The number of rotatable bonds is 3. The van der Waals surface area contributed by atoms with Gasteiger partial charge in [0.1, 0.15) is 5.76 Å². The first-order chi connectivity index (χ1) is 8.02. The highest BCUT2D eigenvalue weighted by molar-refractivity contribution is 6.36. The molecule has 0 bridgehead atoms. The third-order valence-electron chi connectivity index (χ3n) is 2.66. The van der Waals surface area contributed by atoms with E-state index in [0.29, 0.717) is 16.4 Å². The fourth-order valence-electron chi connectivity index (χ4n) is 1.97. The van der Waals surface area contributed by atoms with Gasteiger partial charge in [0.25, 0.3) is 0 Å². The first-order valence-electron chi connectivity index (χ1n) is 5.54. The summed E-state index contributed by atoms with van der Waals surface area (Å²) in [6.07, 6.45) is 0.718. The molecule has 92 valence electrons. The van der Waals surface area contributed by atoms with Crippen molar-refractivity contribution < 1.29 is 9.15 Å². The smallest absolute Gasteiger partial charge is 0.177 e. The Hall–Kier alpha value is -1.19. The predicted molar refractivity (Wildman–Crippen MR) is 69.9 cm³/mol. The summed E-state index contributed by atoms with van der Waals surface area (Å²) in [4.78, 5) is 0. The maximum atomic E-state index is 6.36. The largest absolute Gasteiger partial charge is 0.493 e. The highest BCUT2D eigenvalue weighted by Gasteiger charge is 2.15. The van der Waals surface area contributed by atoms with Gasteiger partial charge in [-0.25, -0.2) is 0 Å². The molecule has 0 saturated carbocycles. The number of furan rings is 1. The Morgan fingerprint density at radius 2 is 2.18 bits per heavy atom. The van der Waals surface area contributed by atoms with Crippen molar-refractivity contribution >= 4 is 22.6 Å². The van der Waals surface area contributed by atoms with E-state index in [0.717, 1.165) is 23.1 Å². The zero-order valence-corrected chi connectivity index (χ0v) is 11.0. The molecule has 1 aromatic carbocycles. The maximum Gasteiger partial charge on any atom is 0.177 e. The van der Waals surface area contributed by atoms with Crippen molar-refractivity contribution in [3.63, 3.8) is 0 Å². The number of aryl methyl sites for hydroxylation is 1. The molecular weight excluding hydrogens is 238 g/mol. The second-order valence-corrected chi connectivity index (χ2v) is 4.71. The van der Waals surface area contributed by atoms with Crippen molar-refractivity contribution in [3.8, 4) is 5.75 Å². The van der Waals surface area contributed by atoms with Crippen LogP contribution < -0.4 is 10.5 Å². The van der Waals surface area contributed by atoms with Gasteiger partial charge in [-0.05, 0) is 38.0 Å².